The number of benzene rings is 1. The van der Waals surface area contributed by atoms with Crippen LogP contribution in [0.5, 0.6) is 0 Å². The number of nitrogens with one attached hydrogen (secondary N) is 2. The Bertz CT molecular complexity index is 1530. The predicted octanol–water partition coefficient (Wildman–Crippen LogP) is 4.00. The summed E-state index contributed by atoms with van der Waals surface area (Å²) >= 11 is 1.56. The summed E-state index contributed by atoms with van der Waals surface area (Å²) in [7, 11) is 0. The maximum atomic E-state index is 14.0. The third-order valence-electron chi connectivity index (χ3n) is 8.34. The van der Waals surface area contributed by atoms with Gasteiger partial charge in [0.05, 0.1) is 47.9 Å². The van der Waals surface area contributed by atoms with Crippen LogP contribution < -0.4 is 10.6 Å². The number of hydrogen-bond donors (Lipinski definition) is 3. The highest BCUT2D eigenvalue weighted by Crippen LogP contribution is 2.29. The summed E-state index contributed by atoms with van der Waals surface area (Å²) in [6.07, 6.45) is -1.52. The van der Waals surface area contributed by atoms with Crippen LogP contribution in [0.25, 0.3) is 10.4 Å². The average Bonchev–Trinajstić information content (AvgIpc) is 3.66. The fourth-order valence-electron chi connectivity index (χ4n) is 5.64. The standard InChI is InChI=1S/C37H55N5O9S/c1-10-50-30(45)15-16-41(35(48)51-37(7,8)9)17-18-49-21-29(44)40-32(36(4,5)6)34(47)42-20-27(43)19-28(42)33(46)39-23(2)25-11-13-26(14-12-25)31-24(3)38-22-52-31/h11-14,22-23,27-28,32,43H,10,15-21H2,1-9H3,(H,39,46)(H,40,44)/t23-,27+,28-,32+/m0/s1. The van der Waals surface area contributed by atoms with Crippen LogP contribution in [0.1, 0.15) is 85.5 Å². The number of carbonyl (C=O) groups excluding carboxylic acids is 5. The highest BCUT2D eigenvalue weighted by atomic mass is 32.1. The summed E-state index contributed by atoms with van der Waals surface area (Å²) in [5.74, 6) is -1.93. The molecule has 2 aromatic rings. The van der Waals surface area contributed by atoms with Crippen LogP contribution >= 0.6 is 11.3 Å². The van der Waals surface area contributed by atoms with Gasteiger partial charge in [0.1, 0.15) is 24.3 Å². The molecular weight excluding hydrogens is 690 g/mol. The summed E-state index contributed by atoms with van der Waals surface area (Å²) in [4.78, 5) is 73.3. The molecule has 1 saturated heterocycles. The minimum atomic E-state index is -1.03. The smallest absolute Gasteiger partial charge is 0.410 e. The van der Waals surface area contributed by atoms with Gasteiger partial charge in [-0.1, -0.05) is 45.0 Å². The lowest BCUT2D eigenvalue weighted by atomic mass is 9.85. The Morgan fingerprint density at radius 1 is 1.06 bits per heavy atom. The van der Waals surface area contributed by atoms with Gasteiger partial charge in [0.2, 0.25) is 17.7 Å². The molecule has 52 heavy (non-hydrogen) atoms. The van der Waals surface area contributed by atoms with Crippen LogP contribution in [0.4, 0.5) is 4.79 Å². The second-order valence-corrected chi connectivity index (χ2v) is 15.8. The molecule has 1 aliphatic rings. The molecular formula is C37H55N5O9S. The first-order valence-electron chi connectivity index (χ1n) is 17.6. The Balaban J connectivity index is 1.60. The SMILES string of the molecule is CCOC(=O)CCN(CCOCC(=O)N[C@H](C(=O)N1C[C@H](O)C[C@H]1C(=O)N[C@@H](C)c1ccc(-c2scnc2C)cc1)C(C)(C)C)C(=O)OC(C)(C)C. The monoisotopic (exact) mass is 745 g/mol. The van der Waals surface area contributed by atoms with Crippen LogP contribution in [0.2, 0.25) is 0 Å². The Hall–Kier alpha value is -4.08. The third kappa shape index (κ3) is 12.6. The zero-order valence-corrected chi connectivity index (χ0v) is 32.6. The molecule has 0 aliphatic carbocycles. The number of aryl methyl sites for hydroxylation is 1. The first-order valence-corrected chi connectivity index (χ1v) is 18.5. The van der Waals surface area contributed by atoms with Crippen LogP contribution in [0, 0.1) is 12.3 Å². The lowest BCUT2D eigenvalue weighted by Gasteiger charge is -2.35. The van der Waals surface area contributed by atoms with E-state index in [-0.39, 0.29) is 51.7 Å². The van der Waals surface area contributed by atoms with Gasteiger partial charge in [-0.25, -0.2) is 9.78 Å². The van der Waals surface area contributed by atoms with Gasteiger partial charge >= 0.3 is 12.1 Å². The van der Waals surface area contributed by atoms with Crippen molar-refractivity contribution in [2.45, 2.75) is 105 Å². The minimum absolute atomic E-state index is 0.0347. The Morgan fingerprint density at radius 2 is 1.73 bits per heavy atom. The molecule has 4 atom stereocenters. The molecule has 288 valence electrons. The number of rotatable bonds is 15. The van der Waals surface area contributed by atoms with E-state index >= 15 is 0 Å². The number of aliphatic hydroxyl groups is 1. The van der Waals surface area contributed by atoms with Crippen molar-refractivity contribution >= 4 is 41.1 Å². The van der Waals surface area contributed by atoms with Crippen molar-refractivity contribution in [2.75, 3.05) is 39.5 Å². The number of carbonyl (C=O) groups is 5. The maximum absolute atomic E-state index is 14.0. The van der Waals surface area contributed by atoms with Crippen molar-refractivity contribution in [1.29, 1.82) is 0 Å². The summed E-state index contributed by atoms with van der Waals surface area (Å²) < 4.78 is 16.0. The van der Waals surface area contributed by atoms with Crippen molar-refractivity contribution < 1.29 is 43.3 Å². The van der Waals surface area contributed by atoms with Crippen LogP contribution in [0.3, 0.4) is 0 Å². The van der Waals surface area contributed by atoms with Crippen molar-refractivity contribution in [3.05, 3.63) is 41.0 Å². The molecule has 1 aromatic carbocycles. The summed E-state index contributed by atoms with van der Waals surface area (Å²) in [5.41, 5.74) is 3.15. The highest BCUT2D eigenvalue weighted by Gasteiger charge is 2.44. The van der Waals surface area contributed by atoms with Crippen molar-refractivity contribution in [1.82, 2.24) is 25.4 Å². The second-order valence-electron chi connectivity index (χ2n) is 15.0. The molecule has 0 unspecified atom stereocenters. The molecule has 0 radical (unpaired) electrons. The van der Waals surface area contributed by atoms with E-state index in [1.54, 1.807) is 65.3 Å². The van der Waals surface area contributed by atoms with Crippen LogP contribution in [-0.2, 0) is 33.4 Å². The first-order chi connectivity index (χ1) is 24.3. The number of hydrogen-bond acceptors (Lipinski definition) is 11. The van der Waals surface area contributed by atoms with Gasteiger partial charge in [-0.2, -0.15) is 0 Å². The first kappa shape index (κ1) is 42.3. The Morgan fingerprint density at radius 3 is 2.31 bits per heavy atom. The molecule has 0 spiro atoms. The number of amides is 4. The Labute approximate surface area is 310 Å². The average molecular weight is 746 g/mol. The number of aromatic nitrogens is 1. The van der Waals surface area contributed by atoms with Crippen molar-refractivity contribution in [3.63, 3.8) is 0 Å². The maximum Gasteiger partial charge on any atom is 0.410 e. The van der Waals surface area contributed by atoms with Gasteiger partial charge in [0.15, 0.2) is 0 Å². The molecule has 0 bridgehead atoms. The van der Waals surface area contributed by atoms with Gasteiger partial charge in [0, 0.05) is 26.1 Å². The van der Waals surface area contributed by atoms with E-state index in [0.29, 0.717) is 0 Å². The number of ether oxygens (including phenoxy) is 3. The van der Waals surface area contributed by atoms with Gasteiger partial charge in [-0.3, -0.25) is 19.2 Å². The number of likely N-dealkylation sites (tertiary alicyclic amines) is 1. The Kier molecular flexibility index (Phi) is 15.1. The summed E-state index contributed by atoms with van der Waals surface area (Å²) in [6, 6.07) is 5.51. The van der Waals surface area contributed by atoms with E-state index in [2.05, 4.69) is 15.6 Å². The molecule has 1 fully saturated rings. The summed E-state index contributed by atoms with van der Waals surface area (Å²) in [5, 5.41) is 16.3. The lowest BCUT2D eigenvalue weighted by molar-refractivity contribution is -0.144. The number of β-amino-alcohol motifs (C(OH)–C–C–N with tert-alkyl or cyclic N) is 1. The van der Waals surface area contributed by atoms with E-state index in [0.717, 1.165) is 21.7 Å². The van der Waals surface area contributed by atoms with E-state index in [1.165, 1.54) is 9.80 Å². The number of aliphatic hydroxyl groups excluding tert-OH is 1. The predicted molar refractivity (Wildman–Crippen MR) is 196 cm³/mol. The normalized spacial score (nSPS) is 17.2. The molecule has 15 heteroatoms. The van der Waals surface area contributed by atoms with E-state index in [9.17, 15) is 29.1 Å². The van der Waals surface area contributed by atoms with E-state index in [1.807, 2.05) is 38.1 Å². The van der Waals surface area contributed by atoms with E-state index < -0.39 is 65.6 Å². The van der Waals surface area contributed by atoms with Gasteiger partial charge in [0.25, 0.3) is 0 Å². The minimum Gasteiger partial charge on any atom is -0.466 e. The molecule has 0 saturated carbocycles. The zero-order valence-electron chi connectivity index (χ0n) is 31.8. The number of nitrogens with zero attached hydrogens (tertiary/aromatic N) is 3. The number of thiazole rings is 1. The number of esters is 1. The second kappa shape index (κ2) is 18.6. The van der Waals surface area contributed by atoms with Crippen LogP contribution in [-0.4, -0.2) is 113 Å². The van der Waals surface area contributed by atoms with Crippen molar-refractivity contribution in [3.8, 4) is 10.4 Å². The third-order valence-corrected chi connectivity index (χ3v) is 9.32. The topological polar surface area (TPSA) is 177 Å². The zero-order chi connectivity index (χ0) is 38.8. The molecule has 4 amide bonds. The summed E-state index contributed by atoms with van der Waals surface area (Å²) in [6.45, 7) is 15.8. The molecule has 14 nitrogen and oxygen atoms in total. The van der Waals surface area contributed by atoms with E-state index in [4.69, 9.17) is 14.2 Å². The molecule has 1 aliphatic heterocycles. The molecule has 3 N–H and O–H groups in total. The van der Waals surface area contributed by atoms with Gasteiger partial charge in [-0.05, 0) is 58.1 Å². The quantitative estimate of drug-likeness (QED) is 0.179. The fourth-order valence-corrected chi connectivity index (χ4v) is 6.45. The molecule has 3 rings (SSSR count). The largest absolute Gasteiger partial charge is 0.466 e. The van der Waals surface area contributed by atoms with Crippen LogP contribution in [0.15, 0.2) is 29.8 Å². The van der Waals surface area contributed by atoms with Crippen molar-refractivity contribution in [2.24, 2.45) is 5.41 Å². The van der Waals surface area contributed by atoms with Gasteiger partial charge in [-0.15, -0.1) is 11.3 Å². The lowest BCUT2D eigenvalue weighted by Crippen LogP contribution is -2.58. The van der Waals surface area contributed by atoms with Gasteiger partial charge < -0.3 is 39.8 Å². The molecule has 1 aromatic heterocycles. The molecule has 2 heterocycles. The highest BCUT2D eigenvalue weighted by molar-refractivity contribution is 7.13. The fraction of sp³-hybridized carbons (Fsp3) is 0.622.